The van der Waals surface area contributed by atoms with Gasteiger partial charge in [0, 0.05) is 11.1 Å². The summed E-state index contributed by atoms with van der Waals surface area (Å²) in [5, 5.41) is 2.90. The Kier molecular flexibility index (Phi) is 3.55. The van der Waals surface area contributed by atoms with Gasteiger partial charge in [0.15, 0.2) is 11.5 Å². The molecule has 0 fully saturated rings. The van der Waals surface area contributed by atoms with Gasteiger partial charge in [-0.05, 0) is 32.9 Å². The van der Waals surface area contributed by atoms with E-state index in [1.54, 1.807) is 19.2 Å². The fourth-order valence-corrected chi connectivity index (χ4v) is 1.82. The maximum atomic E-state index is 12.2. The Morgan fingerprint density at radius 2 is 1.95 bits per heavy atom. The van der Waals surface area contributed by atoms with Crippen LogP contribution in [0.1, 0.15) is 31.1 Å². The normalized spacial score (nSPS) is 13.9. The van der Waals surface area contributed by atoms with Crippen LogP contribution in [0.4, 0.5) is 0 Å². The molecule has 0 atom stereocenters. The average Bonchev–Trinajstić information content (AvgIpc) is 2.35. The molecule has 1 aliphatic heterocycles. The highest BCUT2D eigenvalue weighted by atomic mass is 16.6. The van der Waals surface area contributed by atoms with E-state index in [-0.39, 0.29) is 11.4 Å². The molecule has 19 heavy (non-hydrogen) atoms. The molecular weight excluding hydrogens is 246 g/mol. The van der Waals surface area contributed by atoms with Gasteiger partial charge in [0.25, 0.3) is 5.91 Å². The summed E-state index contributed by atoms with van der Waals surface area (Å²) in [7, 11) is 1.54. The molecule has 2 rings (SSSR count). The molecule has 1 N–H and O–H groups in total. The monoisotopic (exact) mass is 265 g/mol. The Balaban J connectivity index is 2.34. The van der Waals surface area contributed by atoms with Crippen molar-refractivity contribution in [3.05, 3.63) is 17.7 Å². The summed E-state index contributed by atoms with van der Waals surface area (Å²) in [6.07, 6.45) is 0. The molecule has 0 saturated heterocycles. The first-order valence-corrected chi connectivity index (χ1v) is 6.21. The summed E-state index contributed by atoms with van der Waals surface area (Å²) in [6, 6.07) is 3.34. The van der Waals surface area contributed by atoms with Gasteiger partial charge in [-0.3, -0.25) is 4.79 Å². The molecule has 5 heteroatoms. The summed E-state index contributed by atoms with van der Waals surface area (Å²) in [6.45, 7) is 6.75. The number of carbonyl (C=O) groups is 1. The predicted octanol–water partition coefficient (Wildman–Crippen LogP) is 1.99. The van der Waals surface area contributed by atoms with Crippen LogP contribution in [0.2, 0.25) is 0 Å². The highest BCUT2D eigenvalue weighted by Gasteiger charge is 2.22. The minimum absolute atomic E-state index is 0.164. The maximum absolute atomic E-state index is 12.2. The summed E-state index contributed by atoms with van der Waals surface area (Å²) in [4.78, 5) is 12.2. The third kappa shape index (κ3) is 3.10. The Morgan fingerprint density at radius 1 is 1.26 bits per heavy atom. The number of rotatable bonds is 2. The molecule has 104 valence electrons. The smallest absolute Gasteiger partial charge is 0.251 e. The predicted molar refractivity (Wildman–Crippen MR) is 71.2 cm³/mol. The molecule has 0 aliphatic carbocycles. The van der Waals surface area contributed by atoms with Crippen LogP contribution in [-0.4, -0.2) is 31.8 Å². The number of benzene rings is 1. The molecule has 1 amide bonds. The van der Waals surface area contributed by atoms with Gasteiger partial charge in [-0.1, -0.05) is 0 Å². The van der Waals surface area contributed by atoms with Crippen LogP contribution in [-0.2, 0) is 0 Å². The summed E-state index contributed by atoms with van der Waals surface area (Å²) in [5.74, 6) is 1.45. The Bertz CT molecular complexity index is 474. The van der Waals surface area contributed by atoms with Crippen LogP contribution in [0.25, 0.3) is 0 Å². The molecule has 0 saturated carbocycles. The van der Waals surface area contributed by atoms with Crippen molar-refractivity contribution in [2.45, 2.75) is 26.3 Å². The Hall–Kier alpha value is -1.91. The fraction of sp³-hybridized carbons (Fsp3) is 0.500. The highest BCUT2D eigenvalue weighted by molar-refractivity contribution is 5.96. The summed E-state index contributed by atoms with van der Waals surface area (Å²) in [5.41, 5.74) is 0.202. The zero-order valence-corrected chi connectivity index (χ0v) is 11.7. The van der Waals surface area contributed by atoms with E-state index in [2.05, 4.69) is 5.32 Å². The first-order chi connectivity index (χ1) is 8.90. The fourth-order valence-electron chi connectivity index (χ4n) is 1.82. The second kappa shape index (κ2) is 4.99. The van der Waals surface area contributed by atoms with E-state index in [9.17, 15) is 4.79 Å². The van der Waals surface area contributed by atoms with Crippen LogP contribution in [0.3, 0.4) is 0 Å². The van der Waals surface area contributed by atoms with Crippen molar-refractivity contribution in [1.29, 1.82) is 0 Å². The lowest BCUT2D eigenvalue weighted by molar-refractivity contribution is 0.0917. The lowest BCUT2D eigenvalue weighted by atomic mass is 10.1. The number of methoxy groups -OCH3 is 1. The van der Waals surface area contributed by atoms with Gasteiger partial charge in [-0.25, -0.2) is 0 Å². The first-order valence-electron chi connectivity index (χ1n) is 6.21. The summed E-state index contributed by atoms with van der Waals surface area (Å²) >= 11 is 0. The van der Waals surface area contributed by atoms with E-state index in [1.165, 1.54) is 0 Å². The van der Waals surface area contributed by atoms with Gasteiger partial charge in [-0.15, -0.1) is 0 Å². The molecule has 0 radical (unpaired) electrons. The van der Waals surface area contributed by atoms with Crippen molar-refractivity contribution < 1.29 is 19.0 Å². The molecule has 0 bridgehead atoms. The topological polar surface area (TPSA) is 56.8 Å². The van der Waals surface area contributed by atoms with Gasteiger partial charge in [0.2, 0.25) is 5.75 Å². The second-order valence-electron chi connectivity index (χ2n) is 5.41. The van der Waals surface area contributed by atoms with Gasteiger partial charge in [-0.2, -0.15) is 0 Å². The molecular formula is C14H19NO4. The van der Waals surface area contributed by atoms with Gasteiger partial charge < -0.3 is 19.5 Å². The standard InChI is InChI=1S/C14H19NO4/c1-14(2,3)15-13(16)9-7-10(17-4)12-11(8-9)18-5-6-19-12/h7-8H,5-6H2,1-4H3,(H,15,16). The number of ether oxygens (including phenoxy) is 3. The van der Waals surface area contributed by atoms with Gasteiger partial charge in [0.05, 0.1) is 7.11 Å². The quantitative estimate of drug-likeness (QED) is 0.888. The lowest BCUT2D eigenvalue weighted by Crippen LogP contribution is -2.40. The Labute approximate surface area is 112 Å². The van der Waals surface area contributed by atoms with E-state index in [0.717, 1.165) is 0 Å². The van der Waals surface area contributed by atoms with Crippen molar-refractivity contribution in [3.63, 3.8) is 0 Å². The number of carbonyl (C=O) groups excluding carboxylic acids is 1. The third-order valence-corrected chi connectivity index (χ3v) is 2.58. The van der Waals surface area contributed by atoms with E-state index in [1.807, 2.05) is 20.8 Å². The number of hydrogen-bond acceptors (Lipinski definition) is 4. The molecule has 0 spiro atoms. The average molecular weight is 265 g/mol. The third-order valence-electron chi connectivity index (χ3n) is 2.58. The molecule has 1 heterocycles. The van der Waals surface area contributed by atoms with Crippen molar-refractivity contribution in [1.82, 2.24) is 5.32 Å². The molecule has 1 aliphatic rings. The van der Waals surface area contributed by atoms with Crippen LogP contribution in [0.15, 0.2) is 12.1 Å². The minimum Gasteiger partial charge on any atom is -0.493 e. The van der Waals surface area contributed by atoms with E-state index >= 15 is 0 Å². The molecule has 1 aromatic carbocycles. The molecule has 0 unspecified atom stereocenters. The Morgan fingerprint density at radius 3 is 2.58 bits per heavy atom. The number of fused-ring (bicyclic) bond motifs is 1. The SMILES string of the molecule is COc1cc(C(=O)NC(C)(C)C)cc2c1OCCO2. The lowest BCUT2D eigenvalue weighted by Gasteiger charge is -2.23. The molecule has 0 aromatic heterocycles. The number of nitrogens with one attached hydrogen (secondary N) is 1. The zero-order valence-electron chi connectivity index (χ0n) is 11.7. The van der Waals surface area contributed by atoms with Crippen LogP contribution in [0.5, 0.6) is 17.2 Å². The summed E-state index contributed by atoms with van der Waals surface area (Å²) < 4.78 is 16.2. The van der Waals surface area contributed by atoms with Gasteiger partial charge >= 0.3 is 0 Å². The van der Waals surface area contributed by atoms with Gasteiger partial charge in [0.1, 0.15) is 13.2 Å². The minimum atomic E-state index is -0.294. The largest absolute Gasteiger partial charge is 0.493 e. The van der Waals surface area contributed by atoms with Crippen LogP contribution < -0.4 is 19.5 Å². The van der Waals surface area contributed by atoms with E-state index in [0.29, 0.717) is 36.0 Å². The van der Waals surface area contributed by atoms with Crippen molar-refractivity contribution >= 4 is 5.91 Å². The number of hydrogen-bond donors (Lipinski definition) is 1. The highest BCUT2D eigenvalue weighted by Crippen LogP contribution is 2.40. The molecule has 5 nitrogen and oxygen atoms in total. The second-order valence-corrected chi connectivity index (χ2v) is 5.41. The van der Waals surface area contributed by atoms with Crippen molar-refractivity contribution in [2.75, 3.05) is 20.3 Å². The van der Waals surface area contributed by atoms with Crippen molar-refractivity contribution in [2.24, 2.45) is 0 Å². The van der Waals surface area contributed by atoms with E-state index in [4.69, 9.17) is 14.2 Å². The van der Waals surface area contributed by atoms with Crippen LogP contribution in [0, 0.1) is 0 Å². The maximum Gasteiger partial charge on any atom is 0.251 e. The zero-order chi connectivity index (χ0) is 14.0. The number of amides is 1. The van der Waals surface area contributed by atoms with Crippen LogP contribution >= 0.6 is 0 Å². The molecule has 1 aromatic rings. The first kappa shape index (κ1) is 13.5. The van der Waals surface area contributed by atoms with E-state index < -0.39 is 0 Å². The van der Waals surface area contributed by atoms with Crippen molar-refractivity contribution in [3.8, 4) is 17.2 Å².